The number of aryl methyl sites for hydroxylation is 2. The number of anilines is 2. The van der Waals surface area contributed by atoms with Gasteiger partial charge in [-0.05, 0) is 50.3 Å². The van der Waals surface area contributed by atoms with E-state index in [4.69, 9.17) is 0 Å². The second kappa shape index (κ2) is 6.23. The van der Waals surface area contributed by atoms with Crippen LogP contribution >= 0.6 is 0 Å². The van der Waals surface area contributed by atoms with E-state index in [2.05, 4.69) is 20.9 Å². The van der Waals surface area contributed by atoms with E-state index in [1.165, 1.54) is 18.4 Å². The molecule has 5 nitrogen and oxygen atoms in total. The van der Waals surface area contributed by atoms with Gasteiger partial charge >= 0.3 is 0 Å². The maximum Gasteiger partial charge on any atom is 0.277 e. The van der Waals surface area contributed by atoms with Gasteiger partial charge in [0.15, 0.2) is 0 Å². The number of amides is 1. The molecule has 124 valence electrons. The van der Waals surface area contributed by atoms with E-state index >= 15 is 0 Å². The molecule has 1 saturated heterocycles. The van der Waals surface area contributed by atoms with Crippen LogP contribution in [0.15, 0.2) is 30.3 Å². The maximum atomic E-state index is 13.1. The normalized spacial score (nSPS) is 17.0. The van der Waals surface area contributed by atoms with Gasteiger partial charge in [-0.25, -0.2) is 9.97 Å². The predicted molar refractivity (Wildman–Crippen MR) is 94.7 cm³/mol. The summed E-state index contributed by atoms with van der Waals surface area (Å²) in [6.07, 6.45) is 4.35. The van der Waals surface area contributed by atoms with E-state index in [1.807, 2.05) is 30.0 Å². The van der Waals surface area contributed by atoms with E-state index in [-0.39, 0.29) is 5.91 Å². The number of rotatable bonds is 2. The van der Waals surface area contributed by atoms with Crippen molar-refractivity contribution in [3.63, 3.8) is 0 Å². The Kier molecular flexibility index (Phi) is 3.92. The molecule has 0 spiro atoms. The molecule has 0 aliphatic carbocycles. The van der Waals surface area contributed by atoms with E-state index in [9.17, 15) is 4.79 Å². The first kappa shape index (κ1) is 15.1. The average molecular weight is 322 g/mol. The molecule has 2 aliphatic heterocycles. The highest BCUT2D eigenvalue weighted by atomic mass is 16.2. The number of hydrogen-bond donors (Lipinski definition) is 0. The first-order valence-corrected chi connectivity index (χ1v) is 8.73. The molecule has 1 aromatic heterocycles. The molecular formula is C19H22N4O. The van der Waals surface area contributed by atoms with E-state index in [0.29, 0.717) is 11.6 Å². The summed E-state index contributed by atoms with van der Waals surface area (Å²) in [5.74, 6) is 0.675. The Morgan fingerprint density at radius 1 is 1.04 bits per heavy atom. The van der Waals surface area contributed by atoms with Crippen molar-refractivity contribution in [2.75, 3.05) is 29.4 Å². The summed E-state index contributed by atoms with van der Waals surface area (Å²) in [7, 11) is 0. The fourth-order valence-electron chi connectivity index (χ4n) is 3.60. The number of para-hydroxylation sites is 1. The SMILES string of the molecule is Cc1cc(C(=O)N2CCCc3ccccc32)nc(N2CCCC2)n1. The highest BCUT2D eigenvalue weighted by molar-refractivity contribution is 6.05. The van der Waals surface area contributed by atoms with Crippen LogP contribution in [-0.4, -0.2) is 35.5 Å². The topological polar surface area (TPSA) is 49.3 Å². The quantitative estimate of drug-likeness (QED) is 0.853. The van der Waals surface area contributed by atoms with Crippen LogP contribution in [0.4, 0.5) is 11.6 Å². The van der Waals surface area contributed by atoms with Crippen LogP contribution in [0.3, 0.4) is 0 Å². The summed E-state index contributed by atoms with van der Waals surface area (Å²) in [4.78, 5) is 26.3. The van der Waals surface area contributed by atoms with Crippen LogP contribution in [0.1, 0.15) is 41.0 Å². The monoisotopic (exact) mass is 322 g/mol. The van der Waals surface area contributed by atoms with Gasteiger partial charge in [0.25, 0.3) is 5.91 Å². The first-order valence-electron chi connectivity index (χ1n) is 8.73. The Morgan fingerprint density at radius 2 is 1.83 bits per heavy atom. The van der Waals surface area contributed by atoms with Gasteiger partial charge in [0.1, 0.15) is 5.69 Å². The van der Waals surface area contributed by atoms with Gasteiger partial charge in [-0.1, -0.05) is 18.2 Å². The van der Waals surface area contributed by atoms with Gasteiger partial charge in [0, 0.05) is 31.0 Å². The zero-order valence-corrected chi connectivity index (χ0v) is 14.0. The Bertz CT molecular complexity index is 768. The minimum atomic E-state index is -0.0203. The zero-order chi connectivity index (χ0) is 16.5. The molecule has 4 rings (SSSR count). The van der Waals surface area contributed by atoms with Crippen LogP contribution in [0.25, 0.3) is 0 Å². The Hall–Kier alpha value is -2.43. The molecule has 1 amide bonds. The van der Waals surface area contributed by atoms with Crippen LogP contribution < -0.4 is 9.80 Å². The fraction of sp³-hybridized carbons (Fsp3) is 0.421. The summed E-state index contributed by atoms with van der Waals surface area (Å²) in [5, 5.41) is 0. The third kappa shape index (κ3) is 2.75. The van der Waals surface area contributed by atoms with Crippen LogP contribution in [0.5, 0.6) is 0 Å². The van der Waals surface area contributed by atoms with Crippen molar-refractivity contribution >= 4 is 17.5 Å². The molecule has 5 heteroatoms. The molecular weight excluding hydrogens is 300 g/mol. The summed E-state index contributed by atoms with van der Waals surface area (Å²) < 4.78 is 0. The van der Waals surface area contributed by atoms with Crippen LogP contribution in [0, 0.1) is 6.92 Å². The van der Waals surface area contributed by atoms with Crippen molar-refractivity contribution in [1.29, 1.82) is 0 Å². The second-order valence-electron chi connectivity index (χ2n) is 6.58. The van der Waals surface area contributed by atoms with E-state index < -0.39 is 0 Å². The molecule has 0 radical (unpaired) electrons. The van der Waals surface area contributed by atoms with E-state index in [0.717, 1.165) is 43.9 Å². The molecule has 0 unspecified atom stereocenters. The molecule has 1 fully saturated rings. The lowest BCUT2D eigenvalue weighted by Crippen LogP contribution is -2.36. The van der Waals surface area contributed by atoms with Gasteiger partial charge in [0.2, 0.25) is 5.95 Å². The first-order chi connectivity index (χ1) is 11.7. The minimum Gasteiger partial charge on any atom is -0.341 e. The third-order valence-electron chi connectivity index (χ3n) is 4.81. The molecule has 24 heavy (non-hydrogen) atoms. The number of carbonyl (C=O) groups excluding carboxylic acids is 1. The van der Waals surface area contributed by atoms with Gasteiger partial charge in [-0.2, -0.15) is 0 Å². The summed E-state index contributed by atoms with van der Waals surface area (Å²) >= 11 is 0. The van der Waals surface area contributed by atoms with Crippen molar-refractivity contribution < 1.29 is 4.79 Å². The number of hydrogen-bond acceptors (Lipinski definition) is 4. The molecule has 1 aromatic carbocycles. The highest BCUT2D eigenvalue weighted by Crippen LogP contribution is 2.28. The largest absolute Gasteiger partial charge is 0.341 e. The molecule has 0 saturated carbocycles. The number of fused-ring (bicyclic) bond motifs is 1. The Labute approximate surface area is 142 Å². The fourth-order valence-corrected chi connectivity index (χ4v) is 3.60. The summed E-state index contributed by atoms with van der Waals surface area (Å²) in [6.45, 7) is 4.63. The number of aromatic nitrogens is 2. The van der Waals surface area contributed by atoms with Gasteiger partial charge in [-0.15, -0.1) is 0 Å². The van der Waals surface area contributed by atoms with Crippen molar-refractivity contribution in [3.05, 3.63) is 47.3 Å². The molecule has 3 heterocycles. The molecule has 0 N–H and O–H groups in total. The Morgan fingerprint density at radius 3 is 2.67 bits per heavy atom. The smallest absolute Gasteiger partial charge is 0.277 e. The lowest BCUT2D eigenvalue weighted by molar-refractivity contribution is 0.0980. The minimum absolute atomic E-state index is 0.0203. The van der Waals surface area contributed by atoms with Crippen molar-refractivity contribution in [3.8, 4) is 0 Å². The predicted octanol–water partition coefficient (Wildman–Crippen LogP) is 2.98. The highest BCUT2D eigenvalue weighted by Gasteiger charge is 2.25. The number of nitrogens with zero attached hydrogens (tertiary/aromatic N) is 4. The van der Waals surface area contributed by atoms with Gasteiger partial charge in [0.05, 0.1) is 0 Å². The van der Waals surface area contributed by atoms with Crippen molar-refractivity contribution in [2.45, 2.75) is 32.6 Å². The maximum absolute atomic E-state index is 13.1. The van der Waals surface area contributed by atoms with Crippen LogP contribution in [-0.2, 0) is 6.42 Å². The zero-order valence-electron chi connectivity index (χ0n) is 14.0. The van der Waals surface area contributed by atoms with Crippen molar-refractivity contribution in [1.82, 2.24) is 9.97 Å². The molecule has 0 bridgehead atoms. The summed E-state index contributed by atoms with van der Waals surface area (Å²) in [5.41, 5.74) is 3.61. The lowest BCUT2D eigenvalue weighted by atomic mass is 10.0. The number of benzene rings is 1. The standard InChI is InChI=1S/C19H22N4O/c1-14-13-16(21-19(20-14)22-10-4-5-11-22)18(24)23-12-6-8-15-7-2-3-9-17(15)23/h2-3,7,9,13H,4-6,8,10-12H2,1H3. The van der Waals surface area contributed by atoms with Gasteiger partial charge < -0.3 is 9.80 Å². The van der Waals surface area contributed by atoms with Crippen molar-refractivity contribution in [2.24, 2.45) is 0 Å². The third-order valence-corrected chi connectivity index (χ3v) is 4.81. The number of carbonyl (C=O) groups is 1. The van der Waals surface area contributed by atoms with Gasteiger partial charge in [-0.3, -0.25) is 4.79 Å². The van der Waals surface area contributed by atoms with Crippen LogP contribution in [0.2, 0.25) is 0 Å². The summed E-state index contributed by atoms with van der Waals surface area (Å²) in [6, 6.07) is 9.97. The lowest BCUT2D eigenvalue weighted by Gasteiger charge is -2.29. The van der Waals surface area contributed by atoms with E-state index in [1.54, 1.807) is 6.07 Å². The average Bonchev–Trinajstić information content (AvgIpc) is 3.15. The molecule has 2 aromatic rings. The molecule has 0 atom stereocenters. The second-order valence-corrected chi connectivity index (χ2v) is 6.58. The Balaban J connectivity index is 1.68. The molecule has 2 aliphatic rings.